The maximum atomic E-state index is 3.11. The fraction of sp³-hybridized carbons (Fsp3) is 0.333. The monoisotopic (exact) mass is 182 g/mol. The normalized spacial score (nSPS) is 10.2. The van der Waals surface area contributed by atoms with Crippen LogP contribution in [0.4, 0.5) is 0 Å². The Balaban J connectivity index is 2.58. The minimum absolute atomic E-state index is 0.935. The van der Waals surface area contributed by atoms with Crippen LogP contribution in [0.15, 0.2) is 29.2 Å². The summed E-state index contributed by atoms with van der Waals surface area (Å²) in [6, 6.07) is 8.51. The van der Waals surface area contributed by atoms with Crippen molar-refractivity contribution in [2.45, 2.75) is 11.4 Å². The first-order valence-corrected chi connectivity index (χ1v) is 4.75. The van der Waals surface area contributed by atoms with Crippen molar-refractivity contribution in [1.29, 1.82) is 0 Å². The molecule has 0 unspecified atom stereocenters. The highest BCUT2D eigenvalue weighted by atomic mass is 32.2. The first-order valence-electron chi connectivity index (χ1n) is 3.94. The maximum absolute atomic E-state index is 3.11. The van der Waals surface area contributed by atoms with Gasteiger partial charge in [-0.05, 0) is 43.7 Å². The SMILES string of the molecule is CNCc1ccc(SNC)cc1. The van der Waals surface area contributed by atoms with Crippen molar-refractivity contribution in [3.05, 3.63) is 29.8 Å². The van der Waals surface area contributed by atoms with Crippen LogP contribution in [0.25, 0.3) is 0 Å². The Bertz CT molecular complexity index is 195. The van der Waals surface area contributed by atoms with E-state index in [4.69, 9.17) is 0 Å². The summed E-state index contributed by atoms with van der Waals surface area (Å²) in [6.07, 6.45) is 0. The van der Waals surface area contributed by atoms with Crippen molar-refractivity contribution in [3.63, 3.8) is 0 Å². The Kier molecular flexibility index (Phi) is 4.14. The van der Waals surface area contributed by atoms with Gasteiger partial charge < -0.3 is 5.32 Å². The largest absolute Gasteiger partial charge is 0.316 e. The van der Waals surface area contributed by atoms with Crippen LogP contribution in [0.2, 0.25) is 0 Å². The van der Waals surface area contributed by atoms with E-state index in [9.17, 15) is 0 Å². The van der Waals surface area contributed by atoms with Gasteiger partial charge in [0.25, 0.3) is 0 Å². The molecule has 2 nitrogen and oxygen atoms in total. The second-order valence-corrected chi connectivity index (χ2v) is 3.56. The molecular weight excluding hydrogens is 168 g/mol. The molecule has 12 heavy (non-hydrogen) atoms. The van der Waals surface area contributed by atoms with E-state index in [1.54, 1.807) is 11.9 Å². The van der Waals surface area contributed by atoms with Gasteiger partial charge in [-0.3, -0.25) is 4.72 Å². The molecule has 0 aromatic heterocycles. The third-order valence-corrected chi connectivity index (χ3v) is 2.24. The van der Waals surface area contributed by atoms with Crippen LogP contribution in [-0.4, -0.2) is 14.1 Å². The van der Waals surface area contributed by atoms with Crippen molar-refractivity contribution in [2.24, 2.45) is 0 Å². The molecule has 0 fully saturated rings. The first kappa shape index (κ1) is 9.58. The van der Waals surface area contributed by atoms with Gasteiger partial charge in [-0.1, -0.05) is 12.1 Å². The van der Waals surface area contributed by atoms with Gasteiger partial charge in [-0.15, -0.1) is 0 Å². The fourth-order valence-electron chi connectivity index (χ4n) is 0.997. The van der Waals surface area contributed by atoms with E-state index >= 15 is 0 Å². The third kappa shape index (κ3) is 2.85. The number of nitrogens with one attached hydrogen (secondary N) is 2. The van der Waals surface area contributed by atoms with Gasteiger partial charge in [0.2, 0.25) is 0 Å². The summed E-state index contributed by atoms with van der Waals surface area (Å²) in [5, 5.41) is 3.11. The van der Waals surface area contributed by atoms with Gasteiger partial charge in [-0.25, -0.2) is 0 Å². The van der Waals surface area contributed by atoms with Crippen LogP contribution in [0, 0.1) is 0 Å². The van der Waals surface area contributed by atoms with E-state index in [1.807, 2.05) is 14.1 Å². The molecule has 2 N–H and O–H groups in total. The van der Waals surface area contributed by atoms with Crippen molar-refractivity contribution < 1.29 is 0 Å². The lowest BCUT2D eigenvalue weighted by Gasteiger charge is -2.01. The van der Waals surface area contributed by atoms with Gasteiger partial charge >= 0.3 is 0 Å². The molecular formula is C9H14N2S. The number of hydrogen-bond acceptors (Lipinski definition) is 3. The van der Waals surface area contributed by atoms with E-state index in [0.29, 0.717) is 0 Å². The van der Waals surface area contributed by atoms with Crippen LogP contribution in [0.3, 0.4) is 0 Å². The Morgan fingerprint density at radius 2 is 1.83 bits per heavy atom. The number of benzene rings is 1. The van der Waals surface area contributed by atoms with Crippen LogP contribution in [-0.2, 0) is 6.54 Å². The molecule has 0 radical (unpaired) electrons. The predicted octanol–water partition coefficient (Wildman–Crippen LogP) is 1.63. The van der Waals surface area contributed by atoms with Gasteiger partial charge in [0.15, 0.2) is 0 Å². The zero-order chi connectivity index (χ0) is 8.81. The molecule has 0 bridgehead atoms. The van der Waals surface area contributed by atoms with E-state index in [-0.39, 0.29) is 0 Å². The molecule has 66 valence electrons. The smallest absolute Gasteiger partial charge is 0.0228 e. The minimum atomic E-state index is 0.935. The van der Waals surface area contributed by atoms with Gasteiger partial charge in [-0.2, -0.15) is 0 Å². The first-order chi connectivity index (χ1) is 5.86. The Morgan fingerprint density at radius 3 is 2.33 bits per heavy atom. The lowest BCUT2D eigenvalue weighted by molar-refractivity contribution is 0.817. The highest BCUT2D eigenvalue weighted by molar-refractivity contribution is 7.97. The van der Waals surface area contributed by atoms with Gasteiger partial charge in [0.05, 0.1) is 0 Å². The van der Waals surface area contributed by atoms with E-state index in [0.717, 1.165) is 6.54 Å². The molecule has 0 saturated carbocycles. The molecule has 0 heterocycles. The van der Waals surface area contributed by atoms with Crippen LogP contribution < -0.4 is 10.0 Å². The fourth-order valence-corrected chi connectivity index (χ4v) is 1.51. The summed E-state index contributed by atoms with van der Waals surface area (Å²) < 4.78 is 3.04. The summed E-state index contributed by atoms with van der Waals surface area (Å²) in [6.45, 7) is 0.935. The molecule has 1 aromatic rings. The Hall–Kier alpha value is -0.510. The zero-order valence-corrected chi connectivity index (χ0v) is 8.24. The van der Waals surface area contributed by atoms with Crippen LogP contribution in [0.5, 0.6) is 0 Å². The molecule has 0 atom stereocenters. The average Bonchev–Trinajstić information content (AvgIpc) is 2.09. The maximum Gasteiger partial charge on any atom is 0.0228 e. The molecule has 0 aliphatic heterocycles. The van der Waals surface area contributed by atoms with Crippen LogP contribution >= 0.6 is 11.9 Å². The highest BCUT2D eigenvalue weighted by Gasteiger charge is 1.92. The quantitative estimate of drug-likeness (QED) is 0.692. The topological polar surface area (TPSA) is 24.1 Å². The molecule has 1 rings (SSSR count). The second-order valence-electron chi connectivity index (χ2n) is 2.48. The van der Waals surface area contributed by atoms with Crippen molar-refractivity contribution in [3.8, 4) is 0 Å². The van der Waals surface area contributed by atoms with E-state index < -0.39 is 0 Å². The Morgan fingerprint density at radius 1 is 1.17 bits per heavy atom. The minimum Gasteiger partial charge on any atom is -0.316 e. The van der Waals surface area contributed by atoms with E-state index in [1.165, 1.54) is 10.5 Å². The lowest BCUT2D eigenvalue weighted by atomic mass is 10.2. The highest BCUT2D eigenvalue weighted by Crippen LogP contribution is 2.14. The number of hydrogen-bond donors (Lipinski definition) is 2. The van der Waals surface area contributed by atoms with Crippen LogP contribution in [0.1, 0.15) is 5.56 Å². The lowest BCUT2D eigenvalue weighted by Crippen LogP contribution is -2.04. The predicted molar refractivity (Wildman–Crippen MR) is 54.1 cm³/mol. The number of rotatable bonds is 4. The zero-order valence-electron chi connectivity index (χ0n) is 7.42. The summed E-state index contributed by atoms with van der Waals surface area (Å²) >= 11 is 1.63. The molecule has 0 saturated heterocycles. The van der Waals surface area contributed by atoms with E-state index in [2.05, 4.69) is 34.3 Å². The van der Waals surface area contributed by atoms with Crippen molar-refractivity contribution >= 4 is 11.9 Å². The summed E-state index contributed by atoms with van der Waals surface area (Å²) in [4.78, 5) is 1.25. The van der Waals surface area contributed by atoms with Crippen molar-refractivity contribution in [2.75, 3.05) is 14.1 Å². The summed E-state index contributed by atoms with van der Waals surface area (Å²) in [7, 11) is 3.88. The summed E-state index contributed by atoms with van der Waals surface area (Å²) in [5.41, 5.74) is 1.32. The average molecular weight is 182 g/mol. The Labute approximate surface area is 77.9 Å². The second kappa shape index (κ2) is 5.19. The van der Waals surface area contributed by atoms with Gasteiger partial charge in [0, 0.05) is 11.4 Å². The van der Waals surface area contributed by atoms with Crippen molar-refractivity contribution in [1.82, 2.24) is 10.0 Å². The molecule has 0 spiro atoms. The molecule has 0 aliphatic rings. The molecule has 3 heteroatoms. The summed E-state index contributed by atoms with van der Waals surface area (Å²) in [5.74, 6) is 0. The molecule has 0 aliphatic carbocycles. The third-order valence-electron chi connectivity index (χ3n) is 1.52. The van der Waals surface area contributed by atoms with Gasteiger partial charge in [0.1, 0.15) is 0 Å². The molecule has 0 amide bonds. The molecule has 1 aromatic carbocycles. The standard InChI is InChI=1S/C9H14N2S/c1-10-7-8-3-5-9(6-4-8)12-11-2/h3-6,10-11H,7H2,1-2H3.